The fourth-order valence-electron chi connectivity index (χ4n) is 10.6. The van der Waals surface area contributed by atoms with Crippen LogP contribution in [-0.4, -0.2) is 138 Å². The number of halogens is 12. The maximum absolute atomic E-state index is 13.2. The van der Waals surface area contributed by atoms with Gasteiger partial charge in [-0.15, -0.1) is 0 Å². The van der Waals surface area contributed by atoms with E-state index in [1.807, 2.05) is 60.5 Å². The van der Waals surface area contributed by atoms with Crippen LogP contribution in [0.25, 0.3) is 0 Å². The molecule has 10 rings (SSSR count). The van der Waals surface area contributed by atoms with E-state index in [0.717, 1.165) is 76.2 Å². The van der Waals surface area contributed by atoms with E-state index in [-0.39, 0.29) is 54.6 Å². The van der Waals surface area contributed by atoms with Gasteiger partial charge in [0.2, 0.25) is 0 Å². The van der Waals surface area contributed by atoms with Crippen molar-refractivity contribution in [1.82, 2.24) is 44.4 Å². The van der Waals surface area contributed by atoms with E-state index < -0.39 is 71.3 Å². The molecule has 4 aromatic carbocycles. The Labute approximate surface area is 508 Å². The van der Waals surface area contributed by atoms with Gasteiger partial charge in [0.05, 0.1) is 59.8 Å². The number of urea groups is 1. The molecule has 486 valence electrons. The minimum Gasteiger partial charge on any atom is -0.381 e. The second kappa shape index (κ2) is 31.2. The van der Waals surface area contributed by atoms with Gasteiger partial charge in [-0.3, -0.25) is 9.13 Å². The van der Waals surface area contributed by atoms with Crippen LogP contribution in [0.3, 0.4) is 0 Å². The molecule has 27 heteroatoms. The fourth-order valence-corrected chi connectivity index (χ4v) is 10.6. The molecule has 4 saturated heterocycles. The number of nitrogens with zero attached hydrogens (tertiary/aromatic N) is 7. The Balaban J connectivity index is 0.000000200. The lowest BCUT2D eigenvalue weighted by molar-refractivity contribution is -0.144. The van der Waals surface area contributed by atoms with Crippen molar-refractivity contribution in [2.75, 3.05) is 79.8 Å². The molecule has 4 N–H and O–H groups in total. The van der Waals surface area contributed by atoms with Gasteiger partial charge in [-0.05, 0) is 157 Å². The lowest BCUT2D eigenvalue weighted by Crippen LogP contribution is -2.62. The summed E-state index contributed by atoms with van der Waals surface area (Å²) in [6.07, 6.45) is -3.24. The van der Waals surface area contributed by atoms with Crippen LogP contribution in [0.15, 0.2) is 135 Å². The molecule has 89 heavy (non-hydrogen) atoms. The second-order valence-electron chi connectivity index (χ2n) is 22.5. The molecule has 0 radical (unpaired) electrons. The number of imidazole rings is 2. The highest BCUT2D eigenvalue weighted by atomic mass is 19.4. The smallest absolute Gasteiger partial charge is 0.381 e. The third-order valence-electron chi connectivity index (χ3n) is 15.7. The van der Waals surface area contributed by atoms with Crippen molar-refractivity contribution in [3.63, 3.8) is 0 Å². The molecule has 2 atom stereocenters. The predicted octanol–water partition coefficient (Wildman–Crippen LogP) is 12.2. The van der Waals surface area contributed by atoms with Crippen LogP contribution in [0.4, 0.5) is 62.3 Å². The Morgan fingerprint density at radius 1 is 0.640 bits per heavy atom. The number of likely N-dealkylation sites (tertiary alicyclic amines) is 2. The van der Waals surface area contributed by atoms with Gasteiger partial charge in [0, 0.05) is 56.6 Å². The normalized spacial score (nSPS) is 19.0. The summed E-state index contributed by atoms with van der Waals surface area (Å²) in [6, 6.07) is 21.1. The second-order valence-corrected chi connectivity index (χ2v) is 22.5. The number of ether oxygens (including phenoxy) is 3. The highest BCUT2D eigenvalue weighted by Crippen LogP contribution is 2.39. The van der Waals surface area contributed by atoms with Gasteiger partial charge in [-0.2, -0.15) is 52.7 Å². The largest absolute Gasteiger partial charge is 0.416 e. The molecule has 6 aromatic rings. The maximum atomic E-state index is 13.2. The molecule has 4 aliphatic heterocycles. The minimum atomic E-state index is -4.93. The van der Waals surface area contributed by atoms with Crippen molar-refractivity contribution in [1.29, 1.82) is 0 Å². The molecule has 0 saturated carbocycles. The first kappa shape index (κ1) is 69.6. The predicted molar refractivity (Wildman–Crippen MR) is 307 cm³/mol. The molecule has 6 heterocycles. The van der Waals surface area contributed by atoms with Crippen LogP contribution in [0.5, 0.6) is 0 Å². The number of aromatic nitrogens is 4. The van der Waals surface area contributed by atoms with Gasteiger partial charge in [-0.25, -0.2) is 19.6 Å². The zero-order valence-corrected chi connectivity index (χ0v) is 49.3. The van der Waals surface area contributed by atoms with E-state index in [2.05, 4.69) is 37.4 Å². The lowest BCUT2D eigenvalue weighted by Gasteiger charge is -2.46. The molecule has 2 amide bonds. The van der Waals surface area contributed by atoms with Crippen molar-refractivity contribution < 1.29 is 76.5 Å². The number of amides is 2. The monoisotopic (exact) mass is 1270 g/mol. The van der Waals surface area contributed by atoms with Crippen molar-refractivity contribution in [2.24, 2.45) is 5.73 Å². The highest BCUT2D eigenvalue weighted by Gasteiger charge is 2.43. The molecular weight excluding hydrogens is 1190 g/mol. The van der Waals surface area contributed by atoms with Gasteiger partial charge in [0.25, 0.3) is 0 Å². The molecule has 0 aliphatic carbocycles. The third kappa shape index (κ3) is 20.8. The average molecular weight is 1270 g/mol. The first-order chi connectivity index (χ1) is 42.1. The molecular formula is C62H74F12N10O5. The summed E-state index contributed by atoms with van der Waals surface area (Å²) in [7, 11) is 4.11. The van der Waals surface area contributed by atoms with Crippen molar-refractivity contribution >= 4 is 12.1 Å². The Morgan fingerprint density at radius 3 is 1.53 bits per heavy atom. The summed E-state index contributed by atoms with van der Waals surface area (Å²) in [6.45, 7) is 5.76. The van der Waals surface area contributed by atoms with E-state index in [1.165, 1.54) is 34.6 Å². The number of benzene rings is 4. The quantitative estimate of drug-likeness (QED) is 0.0841. The number of carbonyl (C=O) groups is 2. The van der Waals surface area contributed by atoms with Crippen LogP contribution >= 0.6 is 0 Å². The Hall–Kier alpha value is -6.88. The van der Waals surface area contributed by atoms with Crippen LogP contribution in [0.2, 0.25) is 0 Å². The Bertz CT molecular complexity index is 2990. The first-order valence-electron chi connectivity index (χ1n) is 29.0. The summed E-state index contributed by atoms with van der Waals surface area (Å²) in [5, 5.41) is 6.56. The Kier molecular flexibility index (Phi) is 24.4. The SMILES string of the molecule is C1CCOC1.CN1CCC(N2CCC(COCc3cc(C(F)(F)F)cc(C(F)(F)F)c3)(c3ccccc3)NC2=O)CC1.CN1CCC(NCCC(N)(COCc2cc(C(F)(F)F)cc(C(F)(F)F)c2)c2ccccc2)CC1.O=C(n1ccnc1)n1ccnc1. The van der Waals surface area contributed by atoms with E-state index in [4.69, 9.17) is 19.9 Å². The van der Waals surface area contributed by atoms with Gasteiger partial charge < -0.3 is 45.3 Å². The number of rotatable bonds is 15. The number of piperidine rings is 2. The third-order valence-corrected chi connectivity index (χ3v) is 15.7. The van der Waals surface area contributed by atoms with E-state index in [0.29, 0.717) is 56.2 Å². The van der Waals surface area contributed by atoms with Gasteiger partial charge in [-0.1, -0.05) is 60.7 Å². The summed E-state index contributed by atoms with van der Waals surface area (Å²) in [5.74, 6) is 0. The van der Waals surface area contributed by atoms with E-state index in [1.54, 1.807) is 36.9 Å². The van der Waals surface area contributed by atoms with Crippen LogP contribution in [-0.2, 0) is 63.2 Å². The van der Waals surface area contributed by atoms with Crippen LogP contribution in [0.1, 0.15) is 95.9 Å². The van der Waals surface area contributed by atoms with Crippen molar-refractivity contribution in [3.05, 3.63) is 179 Å². The van der Waals surface area contributed by atoms with Gasteiger partial charge >= 0.3 is 36.8 Å². The molecule has 2 unspecified atom stereocenters. The first-order valence-corrected chi connectivity index (χ1v) is 29.0. The molecule has 2 aromatic heterocycles. The fraction of sp³-hybridized carbons (Fsp3) is 0.484. The summed E-state index contributed by atoms with van der Waals surface area (Å²) >= 11 is 0. The molecule has 4 fully saturated rings. The number of nitrogens with two attached hydrogens (primary N) is 1. The summed E-state index contributed by atoms with van der Waals surface area (Å²) < 4.78 is 177. The topological polar surface area (TPSA) is 157 Å². The van der Waals surface area contributed by atoms with Crippen molar-refractivity contribution in [2.45, 2.75) is 112 Å². The molecule has 0 spiro atoms. The standard InChI is InChI=1S/C26H29F6N3O2.C25H31F6N3O.C7H6N4O.C4H8O/c1-34-10-7-22(8-11-34)35-12-9-24(33-23(35)36,19-5-3-2-4-6-19)17-37-16-18-13-20(25(27,28)29)15-21(14-18)26(30,31)32;1-34-11-7-22(8-12-34)33-10-9-23(32,19-5-3-2-4-6-19)17-35-16-18-13-20(24(26,27)28)15-21(14-18)25(29,30)31;12-7(10-3-1-8-5-10)11-4-2-9-6-11;1-2-4-5-3-1/h2-6,13-15,22H,7-12,16-17H2,1H3,(H,33,36);2-6,13-15,22,33H,7-12,16-17,32H2,1H3;1-6H;1-4H2. The summed E-state index contributed by atoms with van der Waals surface area (Å²) in [5.41, 5.74) is 0.320. The van der Waals surface area contributed by atoms with Crippen molar-refractivity contribution in [3.8, 4) is 0 Å². The zero-order chi connectivity index (χ0) is 64.5. The van der Waals surface area contributed by atoms with Gasteiger partial charge in [0.1, 0.15) is 12.7 Å². The minimum absolute atomic E-state index is 0.0658. The maximum Gasteiger partial charge on any atom is 0.416 e. The van der Waals surface area contributed by atoms with Gasteiger partial charge in [0.15, 0.2) is 0 Å². The Morgan fingerprint density at radius 2 is 1.10 bits per heavy atom. The zero-order valence-electron chi connectivity index (χ0n) is 49.3. The van der Waals surface area contributed by atoms with Crippen LogP contribution < -0.4 is 16.4 Å². The van der Waals surface area contributed by atoms with Crippen LogP contribution in [0, 0.1) is 0 Å². The number of carbonyl (C=O) groups excluding carboxylic acids is 2. The summed E-state index contributed by atoms with van der Waals surface area (Å²) in [4.78, 5) is 38.4. The molecule has 0 bridgehead atoms. The highest BCUT2D eigenvalue weighted by molar-refractivity contribution is 5.78. The number of alkyl halides is 12. The average Bonchev–Trinajstić information content (AvgIpc) is 1.43. The number of nitrogens with one attached hydrogen (secondary N) is 2. The van der Waals surface area contributed by atoms with E-state index in [9.17, 15) is 62.3 Å². The molecule has 15 nitrogen and oxygen atoms in total. The number of hydrogen-bond acceptors (Lipinski definition) is 11. The molecule has 4 aliphatic rings. The number of hydrogen-bond donors (Lipinski definition) is 3. The van der Waals surface area contributed by atoms with E-state index >= 15 is 0 Å². The lowest BCUT2D eigenvalue weighted by atomic mass is 9.85.